The summed E-state index contributed by atoms with van der Waals surface area (Å²) in [7, 11) is 0. The van der Waals surface area contributed by atoms with E-state index in [0.717, 1.165) is 29.7 Å². The Hall–Kier alpha value is -3.40. The fraction of sp³-hybridized carbons (Fsp3) is 0.280. The van der Waals surface area contributed by atoms with Crippen molar-refractivity contribution in [1.29, 1.82) is 0 Å². The van der Waals surface area contributed by atoms with Gasteiger partial charge in [0.2, 0.25) is 0 Å². The van der Waals surface area contributed by atoms with Crippen molar-refractivity contribution in [1.82, 2.24) is 0 Å². The molecule has 10 heteroatoms. The average molecular weight is 499 g/mol. The number of ether oxygens (including phenoxy) is 1. The number of rotatable bonds is 9. The van der Waals surface area contributed by atoms with Crippen molar-refractivity contribution in [2.24, 2.45) is 0 Å². The second-order valence-electron chi connectivity index (χ2n) is 7.69. The van der Waals surface area contributed by atoms with Crippen LogP contribution < -0.4 is 14.6 Å². The maximum atomic E-state index is 13.0. The normalized spacial score (nSPS) is 12.8. The van der Waals surface area contributed by atoms with E-state index < -0.39 is 30.6 Å². The SMILES string of the molecule is CCc1ccc(COc2cccc(N(C[C@H](O)C(F)(F)F)Oc3cccc(C(F)(F)F)c3)c2)cc1. The van der Waals surface area contributed by atoms with Gasteiger partial charge < -0.3 is 14.7 Å². The molecule has 3 rings (SSSR count). The van der Waals surface area contributed by atoms with E-state index in [1.807, 2.05) is 31.2 Å². The Balaban J connectivity index is 1.82. The van der Waals surface area contributed by atoms with Crippen molar-refractivity contribution < 1.29 is 41.0 Å². The number of nitrogens with zero attached hydrogens (tertiary/aromatic N) is 1. The fourth-order valence-corrected chi connectivity index (χ4v) is 3.08. The Morgan fingerprint density at radius 1 is 0.829 bits per heavy atom. The lowest BCUT2D eigenvalue weighted by molar-refractivity contribution is -0.202. The van der Waals surface area contributed by atoms with Crippen LogP contribution in [0, 0.1) is 0 Å². The zero-order chi connectivity index (χ0) is 25.6. The first-order valence-corrected chi connectivity index (χ1v) is 10.6. The van der Waals surface area contributed by atoms with E-state index in [2.05, 4.69) is 0 Å². The summed E-state index contributed by atoms with van der Waals surface area (Å²) >= 11 is 0. The fourth-order valence-electron chi connectivity index (χ4n) is 3.08. The number of anilines is 1. The Labute approximate surface area is 198 Å². The molecule has 4 nitrogen and oxygen atoms in total. The first kappa shape index (κ1) is 26.2. The molecule has 0 heterocycles. The molecule has 0 aromatic heterocycles. The maximum Gasteiger partial charge on any atom is 0.416 e. The van der Waals surface area contributed by atoms with Gasteiger partial charge in [-0.25, -0.2) is 5.06 Å². The Morgan fingerprint density at radius 2 is 1.46 bits per heavy atom. The van der Waals surface area contributed by atoms with Crippen LogP contribution in [0.25, 0.3) is 0 Å². The highest BCUT2D eigenvalue weighted by Gasteiger charge is 2.40. The molecule has 0 spiro atoms. The van der Waals surface area contributed by atoms with Crippen LogP contribution >= 0.6 is 0 Å². The highest BCUT2D eigenvalue weighted by molar-refractivity contribution is 5.50. The number of aliphatic hydroxyl groups excluding tert-OH is 1. The van der Waals surface area contributed by atoms with Gasteiger partial charge in [-0.05, 0) is 47.9 Å². The molecule has 0 amide bonds. The van der Waals surface area contributed by atoms with Crippen molar-refractivity contribution in [3.05, 3.63) is 89.5 Å². The van der Waals surface area contributed by atoms with E-state index in [4.69, 9.17) is 9.57 Å². The summed E-state index contributed by atoms with van der Waals surface area (Å²) in [6, 6.07) is 17.2. The Bertz CT molecular complexity index is 1100. The summed E-state index contributed by atoms with van der Waals surface area (Å²) in [6.45, 7) is 1.13. The highest BCUT2D eigenvalue weighted by atomic mass is 19.4. The second-order valence-corrected chi connectivity index (χ2v) is 7.69. The standard InChI is InChI=1S/C25H23F6NO3/c1-2-17-9-11-18(12-10-17)16-34-21-7-4-6-20(14-21)32(15-23(33)25(29,30)31)35-22-8-3-5-19(13-22)24(26,27)28/h3-14,23,33H,2,15-16H2,1H3/t23-/m0/s1. The summed E-state index contributed by atoms with van der Waals surface area (Å²) in [4.78, 5) is 5.36. The molecule has 0 bridgehead atoms. The quantitative estimate of drug-likeness (QED) is 0.267. The third-order valence-corrected chi connectivity index (χ3v) is 5.04. The minimum Gasteiger partial charge on any atom is -0.489 e. The zero-order valence-electron chi connectivity index (χ0n) is 18.6. The summed E-state index contributed by atoms with van der Waals surface area (Å²) in [5.74, 6) is -0.0576. The molecule has 1 N–H and O–H groups in total. The van der Waals surface area contributed by atoms with Gasteiger partial charge in [0, 0.05) is 6.07 Å². The Morgan fingerprint density at radius 3 is 2.09 bits per heavy atom. The molecular weight excluding hydrogens is 476 g/mol. The highest BCUT2D eigenvalue weighted by Crippen LogP contribution is 2.33. The van der Waals surface area contributed by atoms with Crippen LogP contribution in [-0.4, -0.2) is 23.9 Å². The largest absolute Gasteiger partial charge is 0.489 e. The molecule has 0 aliphatic carbocycles. The molecule has 1 atom stereocenters. The van der Waals surface area contributed by atoms with Gasteiger partial charge in [0.25, 0.3) is 0 Å². The van der Waals surface area contributed by atoms with E-state index in [1.165, 1.54) is 24.3 Å². The monoisotopic (exact) mass is 499 g/mol. The summed E-state index contributed by atoms with van der Waals surface area (Å²) in [5.41, 5.74) is 1.04. The maximum absolute atomic E-state index is 13.0. The lowest BCUT2D eigenvalue weighted by Gasteiger charge is -2.28. The Kier molecular flexibility index (Phi) is 8.16. The van der Waals surface area contributed by atoms with Crippen LogP contribution in [0.1, 0.15) is 23.6 Å². The molecule has 0 radical (unpaired) electrons. The van der Waals surface area contributed by atoms with Gasteiger partial charge >= 0.3 is 12.4 Å². The molecule has 0 fully saturated rings. The number of aliphatic hydroxyl groups is 1. The van der Waals surface area contributed by atoms with Crippen molar-refractivity contribution in [3.63, 3.8) is 0 Å². The number of aryl methyl sites for hydroxylation is 1. The topological polar surface area (TPSA) is 41.9 Å². The molecule has 3 aromatic rings. The van der Waals surface area contributed by atoms with Crippen LogP contribution in [0.3, 0.4) is 0 Å². The van der Waals surface area contributed by atoms with Gasteiger partial charge in [0.1, 0.15) is 12.4 Å². The number of hydrogen-bond acceptors (Lipinski definition) is 4. The molecule has 188 valence electrons. The predicted octanol–water partition coefficient (Wildman–Crippen LogP) is 6.57. The molecule has 0 saturated heterocycles. The molecule has 35 heavy (non-hydrogen) atoms. The summed E-state index contributed by atoms with van der Waals surface area (Å²) in [5, 5.41) is 10.3. The van der Waals surface area contributed by atoms with E-state index in [9.17, 15) is 31.4 Å². The van der Waals surface area contributed by atoms with Crippen molar-refractivity contribution in [3.8, 4) is 11.5 Å². The van der Waals surface area contributed by atoms with Crippen molar-refractivity contribution in [2.45, 2.75) is 38.4 Å². The van der Waals surface area contributed by atoms with Gasteiger partial charge in [0.15, 0.2) is 11.9 Å². The summed E-state index contributed by atoms with van der Waals surface area (Å²) in [6.07, 6.45) is -11.6. The number of hydroxylamine groups is 1. The second kappa shape index (κ2) is 10.9. The van der Waals surface area contributed by atoms with Gasteiger partial charge in [-0.1, -0.05) is 43.3 Å². The van der Waals surface area contributed by atoms with Crippen molar-refractivity contribution >= 4 is 5.69 Å². The van der Waals surface area contributed by atoms with Crippen LogP contribution in [-0.2, 0) is 19.2 Å². The zero-order valence-corrected chi connectivity index (χ0v) is 18.6. The molecule has 0 aliphatic rings. The third-order valence-electron chi connectivity index (χ3n) is 5.04. The smallest absolute Gasteiger partial charge is 0.416 e. The molecule has 0 unspecified atom stereocenters. The first-order valence-electron chi connectivity index (χ1n) is 10.6. The number of benzene rings is 3. The van der Waals surface area contributed by atoms with Crippen LogP contribution in [0.15, 0.2) is 72.8 Å². The molecule has 0 saturated carbocycles. The number of halogens is 6. The van der Waals surface area contributed by atoms with Gasteiger partial charge in [0.05, 0.1) is 17.8 Å². The number of hydrogen-bond donors (Lipinski definition) is 1. The lowest BCUT2D eigenvalue weighted by atomic mass is 10.1. The van der Waals surface area contributed by atoms with Gasteiger partial charge in [-0.2, -0.15) is 26.3 Å². The van der Waals surface area contributed by atoms with E-state index in [-0.39, 0.29) is 18.0 Å². The van der Waals surface area contributed by atoms with Crippen LogP contribution in [0.2, 0.25) is 0 Å². The minimum absolute atomic E-state index is 0.0459. The third kappa shape index (κ3) is 7.54. The predicted molar refractivity (Wildman–Crippen MR) is 118 cm³/mol. The van der Waals surface area contributed by atoms with E-state index in [1.54, 1.807) is 6.07 Å². The van der Waals surface area contributed by atoms with E-state index >= 15 is 0 Å². The van der Waals surface area contributed by atoms with E-state index in [0.29, 0.717) is 16.9 Å². The molecular formula is C25H23F6NO3. The average Bonchev–Trinajstić information content (AvgIpc) is 2.82. The van der Waals surface area contributed by atoms with Crippen LogP contribution in [0.4, 0.5) is 32.0 Å². The minimum atomic E-state index is -4.96. The number of alkyl halides is 6. The molecule has 3 aromatic carbocycles. The van der Waals surface area contributed by atoms with Crippen LogP contribution in [0.5, 0.6) is 11.5 Å². The van der Waals surface area contributed by atoms with Gasteiger partial charge in [-0.3, -0.25) is 0 Å². The van der Waals surface area contributed by atoms with Gasteiger partial charge in [-0.15, -0.1) is 0 Å². The lowest BCUT2D eigenvalue weighted by Crippen LogP contribution is -2.42. The summed E-state index contributed by atoms with van der Waals surface area (Å²) < 4.78 is 83.9. The first-order chi connectivity index (χ1) is 16.5. The van der Waals surface area contributed by atoms with Crippen molar-refractivity contribution in [2.75, 3.05) is 11.6 Å². The molecule has 0 aliphatic heterocycles.